The van der Waals surface area contributed by atoms with E-state index >= 15 is 0 Å². The Balaban J connectivity index is 2.41. The Morgan fingerprint density at radius 1 is 1.46 bits per heavy atom. The summed E-state index contributed by atoms with van der Waals surface area (Å²) in [4.78, 5) is 21.3. The van der Waals surface area contributed by atoms with Crippen molar-refractivity contribution in [2.45, 2.75) is 20.4 Å². The van der Waals surface area contributed by atoms with Gasteiger partial charge in [0.2, 0.25) is 0 Å². The van der Waals surface area contributed by atoms with Crippen LogP contribution in [-0.4, -0.2) is 32.9 Å². The molecule has 1 aromatic carbocycles. The van der Waals surface area contributed by atoms with E-state index in [-0.39, 0.29) is 12.2 Å². The number of carbonyl (C=O) groups is 1. The second-order valence-corrected chi connectivity index (χ2v) is 5.18. The molecule has 2 rings (SSSR count). The molecule has 0 saturated heterocycles. The molecule has 0 spiro atoms. The maximum Gasteiger partial charge on any atom is 0.328 e. The maximum absolute atomic E-state index is 11.1. The lowest BCUT2D eigenvalue weighted by Crippen LogP contribution is -2.06. The highest BCUT2D eigenvalue weighted by Gasteiger charge is 2.22. The van der Waals surface area contributed by atoms with Gasteiger partial charge in [0.05, 0.1) is 18.6 Å². The highest BCUT2D eigenvalue weighted by Crippen LogP contribution is 2.26. The third-order valence-corrected chi connectivity index (χ3v) is 3.57. The largest absolute Gasteiger partial charge is 0.496 e. The normalized spacial score (nSPS) is 11.0. The van der Waals surface area contributed by atoms with Crippen LogP contribution in [0.4, 0.5) is 5.69 Å². The minimum Gasteiger partial charge on any atom is -0.496 e. The number of methoxy groups -OCH3 is 1. The summed E-state index contributed by atoms with van der Waals surface area (Å²) in [6.07, 6.45) is 2.51. The zero-order valence-electron chi connectivity index (χ0n) is 13.5. The predicted molar refractivity (Wildman–Crippen MR) is 87.1 cm³/mol. The van der Waals surface area contributed by atoms with E-state index in [4.69, 9.17) is 9.84 Å². The zero-order valence-corrected chi connectivity index (χ0v) is 13.5. The van der Waals surface area contributed by atoms with Crippen LogP contribution in [-0.2, 0) is 11.3 Å². The topological polar surface area (TPSA) is 107 Å². The lowest BCUT2D eigenvalue weighted by molar-refractivity contribution is -0.386. The van der Waals surface area contributed by atoms with Crippen LogP contribution in [0.2, 0.25) is 0 Å². The standard InChI is InChI=1S/C16H17N3O5/c1-10-16(19(22)23)11(2)18(17-10)9-13-8-12(5-7-15(20)21)4-6-14(13)24-3/h4-8H,9H2,1-3H3,(H,20,21). The molecule has 1 aromatic heterocycles. The number of hydrogen-bond donors (Lipinski definition) is 1. The number of aromatic nitrogens is 2. The number of ether oxygens (including phenoxy) is 1. The second kappa shape index (κ2) is 6.95. The van der Waals surface area contributed by atoms with Crippen molar-refractivity contribution in [3.63, 3.8) is 0 Å². The number of aryl methyl sites for hydroxylation is 1. The van der Waals surface area contributed by atoms with Gasteiger partial charge in [0.25, 0.3) is 0 Å². The molecule has 0 fully saturated rings. The summed E-state index contributed by atoms with van der Waals surface area (Å²) in [5.74, 6) is -0.445. The fourth-order valence-electron chi connectivity index (χ4n) is 2.46. The van der Waals surface area contributed by atoms with Gasteiger partial charge < -0.3 is 9.84 Å². The number of nitrogens with zero attached hydrogens (tertiary/aromatic N) is 3. The third-order valence-electron chi connectivity index (χ3n) is 3.57. The van der Waals surface area contributed by atoms with E-state index in [2.05, 4.69) is 5.10 Å². The number of rotatable bonds is 6. The number of hydrogen-bond acceptors (Lipinski definition) is 5. The van der Waals surface area contributed by atoms with Crippen LogP contribution in [0.1, 0.15) is 22.5 Å². The molecule has 0 radical (unpaired) electrons. The summed E-state index contributed by atoms with van der Waals surface area (Å²) in [5, 5.41) is 24.0. The molecular weight excluding hydrogens is 314 g/mol. The molecule has 0 unspecified atom stereocenters. The van der Waals surface area contributed by atoms with Crippen molar-refractivity contribution in [3.8, 4) is 5.75 Å². The molecule has 1 heterocycles. The van der Waals surface area contributed by atoms with Crippen LogP contribution in [0.3, 0.4) is 0 Å². The van der Waals surface area contributed by atoms with Gasteiger partial charge in [-0.05, 0) is 37.6 Å². The monoisotopic (exact) mass is 331 g/mol. The second-order valence-electron chi connectivity index (χ2n) is 5.18. The SMILES string of the molecule is COc1ccc(C=CC(=O)O)cc1Cn1nc(C)c([N+](=O)[O-])c1C. The van der Waals surface area contributed by atoms with Gasteiger partial charge in [-0.2, -0.15) is 5.10 Å². The Morgan fingerprint density at radius 2 is 2.17 bits per heavy atom. The van der Waals surface area contributed by atoms with Crippen LogP contribution in [0.25, 0.3) is 6.08 Å². The summed E-state index contributed by atoms with van der Waals surface area (Å²) in [7, 11) is 1.52. The smallest absolute Gasteiger partial charge is 0.328 e. The molecule has 24 heavy (non-hydrogen) atoms. The Kier molecular flexibility index (Phi) is 4.98. The summed E-state index contributed by atoms with van der Waals surface area (Å²) >= 11 is 0. The number of aliphatic carboxylic acids is 1. The van der Waals surface area contributed by atoms with Crippen LogP contribution < -0.4 is 4.74 Å². The summed E-state index contributed by atoms with van der Waals surface area (Å²) in [6.45, 7) is 3.50. The maximum atomic E-state index is 11.1. The van der Waals surface area contributed by atoms with Crippen molar-refractivity contribution in [2.75, 3.05) is 7.11 Å². The molecule has 0 atom stereocenters. The van der Waals surface area contributed by atoms with Gasteiger partial charge >= 0.3 is 11.7 Å². The van der Waals surface area contributed by atoms with Gasteiger partial charge in [-0.15, -0.1) is 0 Å². The van der Waals surface area contributed by atoms with E-state index < -0.39 is 10.9 Å². The Bertz CT molecular complexity index is 823. The molecule has 0 aliphatic heterocycles. The van der Waals surface area contributed by atoms with Crippen molar-refractivity contribution < 1.29 is 19.6 Å². The first-order valence-corrected chi connectivity index (χ1v) is 7.09. The minimum atomic E-state index is -1.04. The molecule has 0 bridgehead atoms. The van der Waals surface area contributed by atoms with Crippen molar-refractivity contribution in [3.05, 3.63) is 56.9 Å². The Labute approximate surface area is 138 Å². The third kappa shape index (κ3) is 3.60. The van der Waals surface area contributed by atoms with Crippen LogP contribution in [0.15, 0.2) is 24.3 Å². The summed E-state index contributed by atoms with van der Waals surface area (Å²) < 4.78 is 6.84. The van der Waals surface area contributed by atoms with Gasteiger partial charge in [-0.3, -0.25) is 14.8 Å². The average molecular weight is 331 g/mol. The predicted octanol–water partition coefficient (Wildman–Crippen LogP) is 2.56. The first-order chi connectivity index (χ1) is 11.3. The van der Waals surface area contributed by atoms with E-state index in [0.717, 1.165) is 11.6 Å². The Hall–Kier alpha value is -3.16. The van der Waals surface area contributed by atoms with Crippen LogP contribution in [0.5, 0.6) is 5.75 Å². The van der Waals surface area contributed by atoms with Crippen molar-refractivity contribution >= 4 is 17.7 Å². The van der Waals surface area contributed by atoms with E-state index in [1.54, 1.807) is 32.0 Å². The molecule has 0 aliphatic carbocycles. The fraction of sp³-hybridized carbons (Fsp3) is 0.250. The van der Waals surface area contributed by atoms with Gasteiger partial charge in [0.15, 0.2) is 0 Å². The molecule has 8 nitrogen and oxygen atoms in total. The van der Waals surface area contributed by atoms with E-state index in [1.165, 1.54) is 17.9 Å². The molecule has 0 amide bonds. The average Bonchev–Trinajstić information content (AvgIpc) is 2.79. The molecule has 126 valence electrons. The fourth-order valence-corrected chi connectivity index (χ4v) is 2.46. The highest BCUT2D eigenvalue weighted by molar-refractivity contribution is 5.85. The number of benzene rings is 1. The molecule has 8 heteroatoms. The number of carboxylic acid groups (broad SMARTS) is 1. The summed E-state index contributed by atoms with van der Waals surface area (Å²) in [6, 6.07) is 5.21. The highest BCUT2D eigenvalue weighted by atomic mass is 16.6. The van der Waals surface area contributed by atoms with Gasteiger partial charge in [0, 0.05) is 11.6 Å². The first kappa shape index (κ1) is 17.2. The van der Waals surface area contributed by atoms with Gasteiger partial charge in [0.1, 0.15) is 17.1 Å². The van der Waals surface area contributed by atoms with Gasteiger partial charge in [-0.1, -0.05) is 6.07 Å². The van der Waals surface area contributed by atoms with Crippen LogP contribution in [0, 0.1) is 24.0 Å². The molecule has 0 aliphatic rings. The number of carboxylic acids is 1. The van der Waals surface area contributed by atoms with Gasteiger partial charge in [-0.25, -0.2) is 4.79 Å². The summed E-state index contributed by atoms with van der Waals surface area (Å²) in [5.41, 5.74) is 2.22. The quantitative estimate of drug-likeness (QED) is 0.495. The zero-order chi connectivity index (χ0) is 17.9. The van der Waals surface area contributed by atoms with E-state index in [9.17, 15) is 14.9 Å². The lowest BCUT2D eigenvalue weighted by Gasteiger charge is -2.10. The molecule has 0 saturated carbocycles. The number of nitro groups is 1. The van der Waals surface area contributed by atoms with Crippen molar-refractivity contribution in [1.29, 1.82) is 0 Å². The lowest BCUT2D eigenvalue weighted by atomic mass is 10.1. The van der Waals surface area contributed by atoms with E-state index in [0.29, 0.717) is 22.7 Å². The molecule has 1 N–H and O–H groups in total. The molecular formula is C16H17N3O5. The Morgan fingerprint density at radius 3 is 2.71 bits per heavy atom. The van der Waals surface area contributed by atoms with Crippen molar-refractivity contribution in [1.82, 2.24) is 9.78 Å². The van der Waals surface area contributed by atoms with Crippen LogP contribution >= 0.6 is 0 Å². The minimum absolute atomic E-state index is 0.00380. The van der Waals surface area contributed by atoms with Crippen molar-refractivity contribution in [2.24, 2.45) is 0 Å². The molecule has 2 aromatic rings. The first-order valence-electron chi connectivity index (χ1n) is 7.09. The van der Waals surface area contributed by atoms with E-state index in [1.807, 2.05) is 0 Å².